The maximum Gasteiger partial charge on any atom is 0.387 e. The molecule has 10 heteroatoms. The van der Waals surface area contributed by atoms with Crippen molar-refractivity contribution in [2.45, 2.75) is 26.5 Å². The Morgan fingerprint density at radius 3 is 2.42 bits per heavy atom. The van der Waals surface area contributed by atoms with Gasteiger partial charge in [-0.1, -0.05) is 29.8 Å². The molecule has 0 aliphatic heterocycles. The zero-order valence-corrected chi connectivity index (χ0v) is 21.6. The number of methoxy groups -OCH3 is 1. The van der Waals surface area contributed by atoms with Crippen LogP contribution in [0, 0.1) is 6.92 Å². The number of aliphatic imine (C=N–C) groups is 1. The molecule has 33 heavy (non-hydrogen) atoms. The lowest BCUT2D eigenvalue weighted by atomic mass is 10.1. The lowest BCUT2D eigenvalue weighted by molar-refractivity contribution is -0.127. The fourth-order valence-electron chi connectivity index (χ4n) is 2.82. The number of nitrogens with one attached hydrogen (secondary N) is 2. The van der Waals surface area contributed by atoms with E-state index in [0.29, 0.717) is 18.1 Å². The third-order valence-electron chi connectivity index (χ3n) is 4.61. The Morgan fingerprint density at radius 1 is 1.12 bits per heavy atom. The number of guanidine groups is 1. The van der Waals surface area contributed by atoms with Crippen LogP contribution < -0.4 is 20.1 Å². The molecule has 0 aromatic heterocycles. The maximum absolute atomic E-state index is 12.7. The van der Waals surface area contributed by atoms with E-state index in [9.17, 15) is 13.6 Å². The number of carbonyl (C=O) groups is 1. The number of amides is 1. The summed E-state index contributed by atoms with van der Waals surface area (Å²) in [6, 6.07) is 12.7. The summed E-state index contributed by atoms with van der Waals surface area (Å²) in [7, 11) is 4.95. The molecular weight excluding hydrogens is 545 g/mol. The summed E-state index contributed by atoms with van der Waals surface area (Å²) < 4.78 is 35.2. The van der Waals surface area contributed by atoms with E-state index in [-0.39, 0.29) is 48.7 Å². The number of likely N-dealkylation sites (N-methyl/N-ethyl adjacent to an activating group) is 1. The van der Waals surface area contributed by atoms with Crippen molar-refractivity contribution in [3.8, 4) is 11.5 Å². The quantitative estimate of drug-likeness (QED) is 0.257. The molecule has 2 rings (SSSR count). The van der Waals surface area contributed by atoms with Gasteiger partial charge in [-0.15, -0.1) is 24.0 Å². The maximum atomic E-state index is 12.7. The second-order valence-corrected chi connectivity index (χ2v) is 7.32. The number of carbonyl (C=O) groups excluding carboxylic acids is 1. The number of rotatable bonds is 10. The monoisotopic (exact) mass is 576 g/mol. The Labute approximate surface area is 210 Å². The van der Waals surface area contributed by atoms with Crippen LogP contribution in [-0.2, 0) is 17.8 Å². The number of hydrogen-bond acceptors (Lipinski definition) is 4. The van der Waals surface area contributed by atoms with Crippen LogP contribution in [0.4, 0.5) is 8.78 Å². The number of hydrogen-bond donors (Lipinski definition) is 2. The van der Waals surface area contributed by atoms with Crippen molar-refractivity contribution < 1.29 is 23.0 Å². The highest BCUT2D eigenvalue weighted by Crippen LogP contribution is 2.23. The van der Waals surface area contributed by atoms with Gasteiger partial charge < -0.3 is 25.0 Å². The molecule has 2 aromatic rings. The van der Waals surface area contributed by atoms with E-state index < -0.39 is 6.61 Å². The topological polar surface area (TPSA) is 75.2 Å². The first-order valence-electron chi connectivity index (χ1n) is 10.2. The van der Waals surface area contributed by atoms with E-state index in [4.69, 9.17) is 4.74 Å². The second-order valence-electron chi connectivity index (χ2n) is 7.32. The van der Waals surface area contributed by atoms with E-state index in [1.54, 1.807) is 33.3 Å². The Kier molecular flexibility index (Phi) is 12.5. The summed E-state index contributed by atoms with van der Waals surface area (Å²) in [5.41, 5.74) is 2.54. The molecule has 0 saturated heterocycles. The van der Waals surface area contributed by atoms with Gasteiger partial charge in [0.05, 0.1) is 20.2 Å². The number of nitrogens with zero attached hydrogens (tertiary/aromatic N) is 2. The molecule has 7 nitrogen and oxygen atoms in total. The van der Waals surface area contributed by atoms with Gasteiger partial charge >= 0.3 is 6.61 Å². The van der Waals surface area contributed by atoms with Crippen LogP contribution in [0.15, 0.2) is 47.5 Å². The molecule has 0 bridgehead atoms. The SMILES string of the molecule is COc1ccc(CCNC(=NCc2cc(C)ccc2OC(F)F)NCC(=O)N(C)C)cc1.I. The average molecular weight is 576 g/mol. The predicted molar refractivity (Wildman–Crippen MR) is 136 cm³/mol. The fraction of sp³-hybridized carbons (Fsp3) is 0.391. The third kappa shape index (κ3) is 10.2. The zero-order chi connectivity index (χ0) is 23.5. The van der Waals surface area contributed by atoms with Crippen LogP contribution in [-0.4, -0.2) is 57.7 Å². The second kappa shape index (κ2) is 14.5. The minimum Gasteiger partial charge on any atom is -0.497 e. The zero-order valence-electron chi connectivity index (χ0n) is 19.2. The molecule has 0 aliphatic carbocycles. The molecular formula is C23H31F2IN4O3. The predicted octanol–water partition coefficient (Wildman–Crippen LogP) is 3.59. The molecule has 0 aliphatic rings. The van der Waals surface area contributed by atoms with Crippen molar-refractivity contribution in [2.24, 2.45) is 4.99 Å². The molecule has 2 aromatic carbocycles. The van der Waals surface area contributed by atoms with Gasteiger partial charge in [0.2, 0.25) is 5.91 Å². The van der Waals surface area contributed by atoms with E-state index in [0.717, 1.165) is 23.3 Å². The lowest BCUT2D eigenvalue weighted by Gasteiger charge is -2.16. The van der Waals surface area contributed by atoms with Crippen molar-refractivity contribution in [3.05, 3.63) is 59.2 Å². The molecule has 0 radical (unpaired) electrons. The highest BCUT2D eigenvalue weighted by Gasteiger charge is 2.11. The summed E-state index contributed by atoms with van der Waals surface area (Å²) in [6.45, 7) is -0.338. The highest BCUT2D eigenvalue weighted by molar-refractivity contribution is 14.0. The average Bonchev–Trinajstić information content (AvgIpc) is 2.76. The third-order valence-corrected chi connectivity index (χ3v) is 4.61. The van der Waals surface area contributed by atoms with Crippen molar-refractivity contribution in [2.75, 3.05) is 34.3 Å². The molecule has 182 valence electrons. The molecule has 0 saturated carbocycles. The van der Waals surface area contributed by atoms with Crippen molar-refractivity contribution >= 4 is 35.8 Å². The van der Waals surface area contributed by atoms with E-state index >= 15 is 0 Å². The molecule has 0 fully saturated rings. The van der Waals surface area contributed by atoms with Gasteiger partial charge in [0.15, 0.2) is 5.96 Å². The summed E-state index contributed by atoms with van der Waals surface area (Å²) in [4.78, 5) is 17.9. The first-order chi connectivity index (χ1) is 15.3. The van der Waals surface area contributed by atoms with Gasteiger partial charge in [-0.25, -0.2) is 4.99 Å². The number of halogens is 3. The van der Waals surface area contributed by atoms with Gasteiger partial charge in [-0.3, -0.25) is 4.79 Å². The van der Waals surface area contributed by atoms with Crippen LogP contribution in [0.25, 0.3) is 0 Å². The molecule has 0 unspecified atom stereocenters. The fourth-order valence-corrected chi connectivity index (χ4v) is 2.82. The van der Waals surface area contributed by atoms with Crippen molar-refractivity contribution in [1.82, 2.24) is 15.5 Å². The number of ether oxygens (including phenoxy) is 2. The van der Waals surface area contributed by atoms with Crippen LogP contribution in [0.1, 0.15) is 16.7 Å². The Morgan fingerprint density at radius 2 is 1.82 bits per heavy atom. The Hall–Kier alpha value is -2.63. The minimum absolute atomic E-state index is 0. The Balaban J connectivity index is 0.00000544. The smallest absolute Gasteiger partial charge is 0.387 e. The van der Waals surface area contributed by atoms with Gasteiger partial charge in [-0.2, -0.15) is 8.78 Å². The Bertz CT molecular complexity index is 909. The molecule has 0 atom stereocenters. The summed E-state index contributed by atoms with van der Waals surface area (Å²) in [5.74, 6) is 1.15. The number of benzene rings is 2. The molecule has 0 spiro atoms. The van der Waals surface area contributed by atoms with Crippen LogP contribution in [0.2, 0.25) is 0 Å². The van der Waals surface area contributed by atoms with Gasteiger partial charge in [0.1, 0.15) is 11.5 Å². The van der Waals surface area contributed by atoms with Gasteiger partial charge in [0.25, 0.3) is 0 Å². The molecule has 1 amide bonds. The minimum atomic E-state index is -2.92. The highest BCUT2D eigenvalue weighted by atomic mass is 127. The summed E-state index contributed by atoms with van der Waals surface area (Å²) >= 11 is 0. The van der Waals surface area contributed by atoms with Crippen molar-refractivity contribution in [3.63, 3.8) is 0 Å². The van der Waals surface area contributed by atoms with Crippen LogP contribution in [0.3, 0.4) is 0 Å². The van der Waals surface area contributed by atoms with Crippen LogP contribution >= 0.6 is 24.0 Å². The van der Waals surface area contributed by atoms with Gasteiger partial charge in [0, 0.05) is 26.2 Å². The first-order valence-corrected chi connectivity index (χ1v) is 10.2. The lowest BCUT2D eigenvalue weighted by Crippen LogP contribution is -2.43. The standard InChI is InChI=1S/C23H30F2N4O3.HI/c1-16-5-10-20(32-22(24)25)18(13-16)14-27-23(28-15-21(30)29(2)3)26-12-11-17-6-8-19(31-4)9-7-17;/h5-10,13,22H,11-12,14-15H2,1-4H3,(H2,26,27,28);1H. The number of aryl methyl sites for hydroxylation is 1. The summed E-state index contributed by atoms with van der Waals surface area (Å²) in [5, 5.41) is 6.17. The number of alkyl halides is 2. The van der Waals surface area contributed by atoms with E-state index in [1.807, 2.05) is 31.2 Å². The van der Waals surface area contributed by atoms with Gasteiger partial charge in [-0.05, 0) is 37.1 Å². The molecule has 2 N–H and O–H groups in total. The first kappa shape index (κ1) is 28.4. The molecule has 0 heterocycles. The summed E-state index contributed by atoms with van der Waals surface area (Å²) in [6.07, 6.45) is 0.719. The largest absolute Gasteiger partial charge is 0.497 e. The normalized spacial score (nSPS) is 10.9. The van der Waals surface area contributed by atoms with E-state index in [2.05, 4.69) is 20.4 Å². The van der Waals surface area contributed by atoms with Crippen LogP contribution in [0.5, 0.6) is 11.5 Å². The van der Waals surface area contributed by atoms with E-state index in [1.165, 1.54) is 11.0 Å². The van der Waals surface area contributed by atoms with Crippen molar-refractivity contribution in [1.29, 1.82) is 0 Å².